The summed E-state index contributed by atoms with van der Waals surface area (Å²) in [5, 5.41) is 1.34. The minimum atomic E-state index is -4.06. The van der Waals surface area contributed by atoms with E-state index in [0.717, 1.165) is 11.0 Å². The molecule has 0 aliphatic carbocycles. The Morgan fingerprint density at radius 3 is 2.44 bits per heavy atom. The Balaban J connectivity index is 0.000000257. The smallest absolute Gasteiger partial charge is 0.287 e. The molecule has 134 valence electrons. The van der Waals surface area contributed by atoms with Gasteiger partial charge in [-0.25, -0.2) is 0 Å². The first-order valence-electron chi connectivity index (χ1n) is 6.98. The molecule has 6 nitrogen and oxygen atoms in total. The SMILES string of the molecule is COc1cccc(/C=C/S(=O)(=O)O)c1.Cc1cc(Cl)ccc1C(N)=O. The van der Waals surface area contributed by atoms with Crippen LogP contribution in [0.2, 0.25) is 5.02 Å². The fourth-order valence-electron chi connectivity index (χ4n) is 1.81. The van der Waals surface area contributed by atoms with Crippen molar-refractivity contribution in [1.82, 2.24) is 0 Å². The van der Waals surface area contributed by atoms with Crippen LogP contribution in [0.1, 0.15) is 21.5 Å². The molecule has 0 radical (unpaired) electrons. The van der Waals surface area contributed by atoms with Gasteiger partial charge >= 0.3 is 0 Å². The lowest BCUT2D eigenvalue weighted by molar-refractivity contribution is 0.0999. The number of ether oxygens (including phenoxy) is 1. The van der Waals surface area contributed by atoms with Crippen LogP contribution < -0.4 is 10.5 Å². The van der Waals surface area contributed by atoms with Gasteiger partial charge in [0.15, 0.2) is 0 Å². The molecule has 0 saturated carbocycles. The van der Waals surface area contributed by atoms with Crippen LogP contribution in [-0.2, 0) is 10.1 Å². The molecule has 3 N–H and O–H groups in total. The van der Waals surface area contributed by atoms with Crippen LogP contribution in [0.4, 0.5) is 0 Å². The van der Waals surface area contributed by atoms with Crippen molar-refractivity contribution in [1.29, 1.82) is 0 Å². The van der Waals surface area contributed by atoms with Gasteiger partial charge in [-0.05, 0) is 54.5 Å². The van der Waals surface area contributed by atoms with Gasteiger partial charge < -0.3 is 10.5 Å². The van der Waals surface area contributed by atoms with E-state index >= 15 is 0 Å². The Bertz CT molecular complexity index is 878. The van der Waals surface area contributed by atoms with Gasteiger partial charge in [0.05, 0.1) is 12.5 Å². The fourth-order valence-corrected chi connectivity index (χ4v) is 2.37. The molecule has 0 atom stereocenters. The number of aryl methyl sites for hydroxylation is 1. The number of amides is 1. The van der Waals surface area contributed by atoms with Crippen LogP contribution in [0.25, 0.3) is 6.08 Å². The first kappa shape index (κ1) is 20.7. The maximum atomic E-state index is 10.7. The molecule has 25 heavy (non-hydrogen) atoms. The molecule has 0 bridgehead atoms. The van der Waals surface area contributed by atoms with Crippen molar-refractivity contribution in [2.75, 3.05) is 7.11 Å². The highest BCUT2D eigenvalue weighted by Crippen LogP contribution is 2.14. The molecule has 2 aromatic carbocycles. The molecule has 0 aliphatic heterocycles. The molecule has 2 rings (SSSR count). The van der Waals surface area contributed by atoms with E-state index in [0.29, 0.717) is 21.9 Å². The molecular formula is C17H18ClNO5S. The molecular weight excluding hydrogens is 366 g/mol. The molecule has 1 amide bonds. The monoisotopic (exact) mass is 383 g/mol. The van der Waals surface area contributed by atoms with Crippen LogP contribution in [0.3, 0.4) is 0 Å². The Morgan fingerprint density at radius 1 is 1.24 bits per heavy atom. The first-order valence-corrected chi connectivity index (χ1v) is 8.86. The van der Waals surface area contributed by atoms with Gasteiger partial charge in [0.2, 0.25) is 5.91 Å². The van der Waals surface area contributed by atoms with Crippen molar-refractivity contribution in [3.05, 3.63) is 69.6 Å². The topological polar surface area (TPSA) is 107 Å². The molecule has 2 aromatic rings. The van der Waals surface area contributed by atoms with E-state index in [4.69, 9.17) is 26.6 Å². The Hall–Kier alpha value is -2.35. The van der Waals surface area contributed by atoms with E-state index in [1.807, 2.05) is 0 Å². The lowest BCUT2D eigenvalue weighted by atomic mass is 10.1. The number of carbonyl (C=O) groups is 1. The zero-order valence-corrected chi connectivity index (χ0v) is 15.2. The van der Waals surface area contributed by atoms with Gasteiger partial charge in [-0.3, -0.25) is 9.35 Å². The van der Waals surface area contributed by atoms with Crippen LogP contribution in [0.15, 0.2) is 47.9 Å². The summed E-state index contributed by atoms with van der Waals surface area (Å²) in [5.74, 6) is 0.210. The lowest BCUT2D eigenvalue weighted by Gasteiger charge is -1.99. The standard InChI is InChI=1S/C9H10O4S.C8H8ClNO/c1-13-9-4-2-3-8(7-9)5-6-14(10,11)12;1-5-4-6(9)2-3-7(5)8(10)11/h2-7H,1H3,(H,10,11,12);2-4H,1H3,(H2,10,11)/b6-5+;. The van der Waals surface area contributed by atoms with Gasteiger partial charge in [-0.15, -0.1) is 0 Å². The summed E-state index contributed by atoms with van der Waals surface area (Å²) >= 11 is 5.67. The van der Waals surface area contributed by atoms with E-state index in [-0.39, 0.29) is 0 Å². The lowest BCUT2D eigenvalue weighted by Crippen LogP contribution is -2.12. The molecule has 0 heterocycles. The van der Waals surface area contributed by atoms with E-state index in [1.165, 1.54) is 13.2 Å². The average molecular weight is 384 g/mol. The van der Waals surface area contributed by atoms with Crippen molar-refractivity contribution in [2.24, 2.45) is 5.73 Å². The Morgan fingerprint density at radius 2 is 1.92 bits per heavy atom. The third-order valence-electron chi connectivity index (χ3n) is 2.98. The van der Waals surface area contributed by atoms with Gasteiger partial charge in [-0.2, -0.15) is 8.42 Å². The zero-order chi connectivity index (χ0) is 19.0. The molecule has 0 aliphatic rings. The van der Waals surface area contributed by atoms with Crippen molar-refractivity contribution >= 4 is 33.7 Å². The van der Waals surface area contributed by atoms with Crippen molar-refractivity contribution in [3.8, 4) is 5.75 Å². The van der Waals surface area contributed by atoms with Crippen LogP contribution in [-0.4, -0.2) is 26.0 Å². The summed E-state index contributed by atoms with van der Waals surface area (Å²) in [6, 6.07) is 11.8. The number of hydrogen-bond donors (Lipinski definition) is 2. The summed E-state index contributed by atoms with van der Waals surface area (Å²) in [7, 11) is -2.54. The second kappa shape index (κ2) is 9.22. The molecule has 0 saturated heterocycles. The maximum Gasteiger partial charge on any atom is 0.287 e. The van der Waals surface area contributed by atoms with Gasteiger partial charge in [0.25, 0.3) is 10.1 Å². The number of benzene rings is 2. The number of hydrogen-bond acceptors (Lipinski definition) is 4. The van der Waals surface area contributed by atoms with E-state index in [1.54, 1.807) is 49.4 Å². The number of carbonyl (C=O) groups excluding carboxylic acids is 1. The van der Waals surface area contributed by atoms with E-state index < -0.39 is 16.0 Å². The Labute approximate surface area is 151 Å². The van der Waals surface area contributed by atoms with Gasteiger partial charge in [0.1, 0.15) is 5.75 Å². The average Bonchev–Trinajstić information content (AvgIpc) is 2.52. The predicted octanol–water partition coefficient (Wildman–Crippen LogP) is 3.30. The Kier molecular flexibility index (Phi) is 7.63. The van der Waals surface area contributed by atoms with Crippen molar-refractivity contribution < 1.29 is 22.5 Å². The van der Waals surface area contributed by atoms with Crippen molar-refractivity contribution in [3.63, 3.8) is 0 Å². The highest BCUT2D eigenvalue weighted by atomic mass is 35.5. The highest BCUT2D eigenvalue weighted by molar-refractivity contribution is 7.88. The quantitative estimate of drug-likeness (QED) is 0.787. The van der Waals surface area contributed by atoms with Gasteiger partial charge in [-0.1, -0.05) is 23.7 Å². The first-order chi connectivity index (χ1) is 11.6. The predicted molar refractivity (Wildman–Crippen MR) is 98.3 cm³/mol. The number of primary amides is 1. The molecule has 8 heteroatoms. The number of nitrogens with two attached hydrogens (primary N) is 1. The largest absolute Gasteiger partial charge is 0.497 e. The van der Waals surface area contributed by atoms with E-state index in [9.17, 15) is 13.2 Å². The number of halogens is 1. The molecule has 0 unspecified atom stereocenters. The van der Waals surface area contributed by atoms with Gasteiger partial charge in [0, 0.05) is 10.6 Å². The highest BCUT2D eigenvalue weighted by Gasteiger charge is 2.03. The summed E-state index contributed by atoms with van der Waals surface area (Å²) in [5.41, 5.74) is 7.06. The maximum absolute atomic E-state index is 10.7. The molecule has 0 aromatic heterocycles. The molecule has 0 spiro atoms. The summed E-state index contributed by atoms with van der Waals surface area (Å²) in [4.78, 5) is 10.7. The number of rotatable bonds is 4. The second-order valence-electron chi connectivity index (χ2n) is 4.92. The van der Waals surface area contributed by atoms with Crippen LogP contribution >= 0.6 is 11.6 Å². The third kappa shape index (κ3) is 7.84. The second-order valence-corrected chi connectivity index (χ2v) is 6.66. The number of methoxy groups -OCH3 is 1. The van der Waals surface area contributed by atoms with E-state index in [2.05, 4.69) is 0 Å². The van der Waals surface area contributed by atoms with Crippen LogP contribution in [0, 0.1) is 6.92 Å². The summed E-state index contributed by atoms with van der Waals surface area (Å²) < 4.78 is 34.2. The third-order valence-corrected chi connectivity index (χ3v) is 3.70. The molecule has 0 fully saturated rings. The minimum absolute atomic E-state index is 0.417. The zero-order valence-electron chi connectivity index (χ0n) is 13.6. The fraction of sp³-hybridized carbons (Fsp3) is 0.118. The van der Waals surface area contributed by atoms with Crippen LogP contribution in [0.5, 0.6) is 5.75 Å². The van der Waals surface area contributed by atoms with Crippen molar-refractivity contribution in [2.45, 2.75) is 6.92 Å². The summed E-state index contributed by atoms with van der Waals surface area (Å²) in [6.45, 7) is 1.80. The minimum Gasteiger partial charge on any atom is -0.497 e. The summed E-state index contributed by atoms with van der Waals surface area (Å²) in [6.07, 6.45) is 1.29. The normalized spacial score (nSPS) is 10.9.